The van der Waals surface area contributed by atoms with Gasteiger partial charge < -0.3 is 34.1 Å². The number of sulfonamides is 1. The van der Waals surface area contributed by atoms with Crippen molar-refractivity contribution >= 4 is 73.6 Å². The van der Waals surface area contributed by atoms with Gasteiger partial charge in [-0.05, 0) is 59.9 Å². The van der Waals surface area contributed by atoms with Crippen LogP contribution in [-0.2, 0) is 53.2 Å². The summed E-state index contributed by atoms with van der Waals surface area (Å²) in [6, 6.07) is 0.345. The van der Waals surface area contributed by atoms with Gasteiger partial charge in [-0.3, -0.25) is 10.2 Å². The molecule has 1 saturated heterocycles. The Morgan fingerprint density at radius 2 is 1.88 bits per heavy atom. The van der Waals surface area contributed by atoms with E-state index in [0.29, 0.717) is 37.6 Å². The maximum Gasteiger partial charge on any atom is 0.331 e. The molecule has 17 nitrogen and oxygen atoms in total. The molecule has 0 aliphatic carbocycles. The number of carbonyl (C=O) groups is 3. The molecule has 0 radical (unpaired) electrons. The summed E-state index contributed by atoms with van der Waals surface area (Å²) in [6.45, 7) is 10.0. The number of esters is 2. The van der Waals surface area contributed by atoms with Crippen LogP contribution in [0.3, 0.4) is 0 Å². The molecule has 0 bridgehead atoms. The van der Waals surface area contributed by atoms with Crippen molar-refractivity contribution in [2.45, 2.75) is 72.4 Å². The van der Waals surface area contributed by atoms with Gasteiger partial charge in [-0.2, -0.15) is 4.40 Å². The minimum absolute atomic E-state index is 0.0141. The second kappa shape index (κ2) is 17.4. The number of nitrogens with zero attached hydrogens (tertiary/aromatic N) is 3. The van der Waals surface area contributed by atoms with Gasteiger partial charge in [0.25, 0.3) is 11.8 Å². The Balaban J connectivity index is 1.61. The Kier molecular flexibility index (Phi) is 14.4. The molecule has 21 heteroatoms. The van der Waals surface area contributed by atoms with E-state index in [4.69, 9.17) is 29.5 Å². The summed E-state index contributed by atoms with van der Waals surface area (Å²) in [5.41, 5.74) is -0.215. The Morgan fingerprint density at radius 3 is 2.46 bits per heavy atom. The lowest BCUT2D eigenvalue weighted by Gasteiger charge is -2.35. The molecule has 1 fully saturated rings. The number of ether oxygens (including phenoxy) is 4. The molecule has 0 saturated carbocycles. The van der Waals surface area contributed by atoms with Crippen molar-refractivity contribution in [2.24, 2.45) is 9.54 Å². The average Bonchev–Trinajstić information content (AvgIpc) is 3.52. The van der Waals surface area contributed by atoms with Crippen LogP contribution in [0.2, 0.25) is 0 Å². The number of rotatable bonds is 12. The van der Waals surface area contributed by atoms with Crippen LogP contribution < -0.4 is 10.5 Å². The highest BCUT2D eigenvalue weighted by atomic mass is 32.3. The van der Waals surface area contributed by atoms with Crippen molar-refractivity contribution in [3.63, 3.8) is 0 Å². The van der Waals surface area contributed by atoms with Crippen LogP contribution in [0.5, 0.6) is 0 Å². The predicted molar refractivity (Wildman–Crippen MR) is 187 cm³/mol. The number of likely N-dealkylation sites (N-methyl/N-ethyl adjacent to an activating group) is 1. The van der Waals surface area contributed by atoms with E-state index in [1.807, 2.05) is 20.8 Å². The van der Waals surface area contributed by atoms with Gasteiger partial charge >= 0.3 is 11.9 Å². The number of amidine groups is 1. The van der Waals surface area contributed by atoms with Gasteiger partial charge in [0.2, 0.25) is 10.0 Å². The van der Waals surface area contributed by atoms with Crippen molar-refractivity contribution in [1.82, 2.24) is 15.1 Å². The Labute approximate surface area is 301 Å². The zero-order valence-corrected chi connectivity index (χ0v) is 31.8. The van der Waals surface area contributed by atoms with Crippen LogP contribution in [0.1, 0.15) is 52.6 Å². The number of carbonyl (C=O) groups excluding carboxylic acids is 3. The highest BCUT2D eigenvalue weighted by Crippen LogP contribution is 2.45. The molecule has 2 aliphatic rings. The van der Waals surface area contributed by atoms with Crippen molar-refractivity contribution < 1.29 is 50.2 Å². The highest BCUT2D eigenvalue weighted by molar-refractivity contribution is 7.95. The van der Waals surface area contributed by atoms with Crippen LogP contribution in [-0.4, -0.2) is 126 Å². The molecule has 3 atom stereocenters. The lowest BCUT2D eigenvalue weighted by atomic mass is 10.0. The molecule has 1 amide bonds. The van der Waals surface area contributed by atoms with E-state index in [-0.39, 0.29) is 57.4 Å². The number of thiol groups is 1. The van der Waals surface area contributed by atoms with Crippen LogP contribution in [0.15, 0.2) is 31.0 Å². The zero-order chi connectivity index (χ0) is 37.4. The van der Waals surface area contributed by atoms with Gasteiger partial charge in [0.15, 0.2) is 22.3 Å². The fourth-order valence-corrected chi connectivity index (χ4v) is 9.62. The number of hydrogen-bond donors (Lipinski definition) is 4. The third-order valence-corrected chi connectivity index (χ3v) is 13.1. The standard InChI is InChI=1S/C29H44N6O11S4/c1-6-35(21-13-18(2)49(39,40)28-20(21)14-25(48-28)50(31,41)42)22(36)17-44-23(37)7-8-24(38)46-19(15-32-29(3,4)5)16-45-26(30)27(33-47)34-9-11-43-12-10-34/h7-8,14,18-19,21,30,32,47H,6,9-13,15-17H2,1-5H3,(H2,31,41,42)/b8-7+,30-26?,33-27?/t18-,19-,21-/m0/s1. The minimum Gasteiger partial charge on any atom is -0.471 e. The summed E-state index contributed by atoms with van der Waals surface area (Å²) >= 11 is 4.49. The van der Waals surface area contributed by atoms with Crippen molar-refractivity contribution in [2.75, 3.05) is 52.6 Å². The number of primary sulfonamides is 1. The number of nitrogens with two attached hydrogens (primary N) is 1. The minimum atomic E-state index is -4.21. The SMILES string of the molecule is CCN(C(=O)COC(=O)/C=C/C(=O)O[C@@H](CNC(C)(C)C)COC(=N)C(=NS)N1CCOCC1)[C@H]1C[C@H](C)S(=O)(=O)c2sc(S(N)(=O)=O)cc21. The summed E-state index contributed by atoms with van der Waals surface area (Å²) in [4.78, 5) is 41.4. The predicted octanol–water partition coefficient (Wildman–Crippen LogP) is 0.820. The van der Waals surface area contributed by atoms with E-state index < -0.39 is 61.7 Å². The average molecular weight is 781 g/mol. The molecular weight excluding hydrogens is 737 g/mol. The lowest BCUT2D eigenvalue weighted by molar-refractivity contribution is -0.150. The van der Waals surface area contributed by atoms with Crippen LogP contribution >= 0.6 is 24.2 Å². The third kappa shape index (κ3) is 11.2. The monoisotopic (exact) mass is 780 g/mol. The van der Waals surface area contributed by atoms with E-state index in [9.17, 15) is 31.2 Å². The van der Waals surface area contributed by atoms with E-state index in [1.165, 1.54) is 11.8 Å². The molecule has 3 rings (SSSR count). The van der Waals surface area contributed by atoms with Gasteiger partial charge in [0, 0.05) is 49.4 Å². The van der Waals surface area contributed by atoms with Crippen molar-refractivity contribution in [1.29, 1.82) is 5.41 Å². The number of morpholine rings is 1. The maximum absolute atomic E-state index is 13.2. The zero-order valence-electron chi connectivity index (χ0n) is 28.4. The fraction of sp³-hybridized carbons (Fsp3) is 0.621. The second-order valence-electron chi connectivity index (χ2n) is 12.4. The molecule has 1 aromatic heterocycles. The number of amides is 1. The first-order valence-electron chi connectivity index (χ1n) is 15.5. The molecule has 1 aromatic rings. The number of thiophene rings is 1. The molecular formula is C29H44N6O11S4. The van der Waals surface area contributed by atoms with Gasteiger partial charge in [-0.1, -0.05) is 0 Å². The van der Waals surface area contributed by atoms with E-state index >= 15 is 0 Å². The van der Waals surface area contributed by atoms with Gasteiger partial charge in [-0.25, -0.2) is 31.6 Å². The first-order chi connectivity index (χ1) is 23.3. The number of fused-ring (bicyclic) bond motifs is 1. The van der Waals surface area contributed by atoms with Gasteiger partial charge in [0.1, 0.15) is 21.1 Å². The molecule has 3 heterocycles. The normalized spacial score (nSPS) is 20.1. The molecule has 50 heavy (non-hydrogen) atoms. The van der Waals surface area contributed by atoms with Crippen molar-refractivity contribution in [3.8, 4) is 0 Å². The third-order valence-electron chi connectivity index (χ3n) is 7.58. The summed E-state index contributed by atoms with van der Waals surface area (Å²) in [6.07, 6.45) is 0.720. The molecule has 0 aromatic carbocycles. The highest BCUT2D eigenvalue weighted by Gasteiger charge is 2.42. The molecule has 4 N–H and O–H groups in total. The molecule has 280 valence electrons. The topological polar surface area (TPSA) is 237 Å². The second-order valence-corrected chi connectivity index (χ2v) is 18.0. The van der Waals surface area contributed by atoms with E-state index in [0.717, 1.165) is 18.2 Å². The van der Waals surface area contributed by atoms with Gasteiger partial charge in [0.05, 0.1) is 24.5 Å². The Hall–Kier alpha value is -3.08. The summed E-state index contributed by atoms with van der Waals surface area (Å²) in [7, 11) is -8.06. The van der Waals surface area contributed by atoms with Crippen LogP contribution in [0, 0.1) is 5.41 Å². The number of nitrogens with one attached hydrogen (secondary N) is 2. The Bertz CT molecular complexity index is 1700. The number of hydrogen-bond acceptors (Lipinski definition) is 16. The largest absolute Gasteiger partial charge is 0.471 e. The van der Waals surface area contributed by atoms with E-state index in [2.05, 4.69) is 22.5 Å². The first-order valence-corrected chi connectivity index (χ1v) is 19.9. The number of sulfone groups is 1. The summed E-state index contributed by atoms with van der Waals surface area (Å²) < 4.78 is 74.6. The first kappa shape index (κ1) is 41.3. The maximum atomic E-state index is 13.2. The van der Waals surface area contributed by atoms with Crippen LogP contribution in [0.25, 0.3) is 0 Å². The quantitative estimate of drug-likeness (QED) is 0.0757. The molecule has 0 spiro atoms. The molecule has 0 unspecified atom stereocenters. The Morgan fingerprint density at radius 1 is 1.24 bits per heavy atom. The smallest absolute Gasteiger partial charge is 0.331 e. The summed E-state index contributed by atoms with van der Waals surface area (Å²) in [5, 5.41) is 15.8. The van der Waals surface area contributed by atoms with E-state index in [1.54, 1.807) is 11.8 Å². The van der Waals surface area contributed by atoms with Gasteiger partial charge in [-0.15, -0.1) is 11.3 Å². The molecule has 2 aliphatic heterocycles. The van der Waals surface area contributed by atoms with Crippen LogP contribution in [0.4, 0.5) is 0 Å². The van der Waals surface area contributed by atoms with Crippen molar-refractivity contribution in [3.05, 3.63) is 23.8 Å². The lowest BCUT2D eigenvalue weighted by Crippen LogP contribution is -2.46. The summed E-state index contributed by atoms with van der Waals surface area (Å²) in [5.74, 6) is -2.68. The fourth-order valence-electron chi connectivity index (χ4n) is 5.00.